The Morgan fingerprint density at radius 1 is 1.29 bits per heavy atom. The zero-order valence-electron chi connectivity index (χ0n) is 11.9. The van der Waals surface area contributed by atoms with Gasteiger partial charge in [0.25, 0.3) is 0 Å². The molecule has 1 heterocycles. The van der Waals surface area contributed by atoms with Gasteiger partial charge in [-0.25, -0.2) is 4.79 Å². The molecule has 0 fully saturated rings. The Hall–Kier alpha value is -1.70. The average Bonchev–Trinajstić information content (AvgIpc) is 2.40. The molecule has 110 valence electrons. The number of carbonyl (C=O) groups is 1. The number of hydrogen-bond acceptors (Lipinski definition) is 3. The van der Waals surface area contributed by atoms with Crippen LogP contribution in [0.3, 0.4) is 0 Å². The van der Waals surface area contributed by atoms with Gasteiger partial charge >= 0.3 is 11.7 Å². The molecule has 2 rings (SSSR count). The minimum Gasteiger partial charge on any atom is -0.481 e. The number of aromatic nitrogens is 2. The number of aliphatic carboxylic acids is 1. The fourth-order valence-corrected chi connectivity index (χ4v) is 2.78. The van der Waals surface area contributed by atoms with Crippen molar-refractivity contribution < 1.29 is 9.90 Å². The van der Waals surface area contributed by atoms with E-state index in [4.69, 9.17) is 0 Å². The lowest BCUT2D eigenvalue weighted by Crippen LogP contribution is -2.28. The standard InChI is InChI=1S/C15H15IN2O3/c1-8(14(19)20)13-9(2)17-15(21)18(10(13)3)12-6-4-11(16)5-7-12/h4-8H,1-3H3,(H,19,20). The summed E-state index contributed by atoms with van der Waals surface area (Å²) >= 11 is 2.18. The van der Waals surface area contributed by atoms with E-state index in [1.54, 1.807) is 20.8 Å². The van der Waals surface area contributed by atoms with Crippen molar-refractivity contribution in [3.63, 3.8) is 0 Å². The number of carboxylic acids is 1. The highest BCUT2D eigenvalue weighted by Crippen LogP contribution is 2.23. The van der Waals surface area contributed by atoms with Crippen LogP contribution >= 0.6 is 22.6 Å². The molecule has 0 radical (unpaired) electrons. The highest BCUT2D eigenvalue weighted by Gasteiger charge is 2.22. The van der Waals surface area contributed by atoms with E-state index >= 15 is 0 Å². The van der Waals surface area contributed by atoms with Crippen LogP contribution in [0.5, 0.6) is 0 Å². The van der Waals surface area contributed by atoms with Crippen molar-refractivity contribution in [2.24, 2.45) is 0 Å². The second-order valence-electron chi connectivity index (χ2n) is 4.85. The summed E-state index contributed by atoms with van der Waals surface area (Å²) < 4.78 is 2.51. The van der Waals surface area contributed by atoms with Gasteiger partial charge in [0.1, 0.15) is 0 Å². The molecular weight excluding hydrogens is 383 g/mol. The van der Waals surface area contributed by atoms with Crippen molar-refractivity contribution in [1.82, 2.24) is 9.55 Å². The summed E-state index contributed by atoms with van der Waals surface area (Å²) in [6.07, 6.45) is 0. The first-order valence-electron chi connectivity index (χ1n) is 6.41. The van der Waals surface area contributed by atoms with Gasteiger partial charge in [0, 0.05) is 20.5 Å². The third-order valence-electron chi connectivity index (χ3n) is 3.46. The molecule has 0 spiro atoms. The van der Waals surface area contributed by atoms with E-state index in [1.807, 2.05) is 24.3 Å². The van der Waals surface area contributed by atoms with Crippen LogP contribution in [0.2, 0.25) is 0 Å². The molecule has 0 amide bonds. The molecule has 0 bridgehead atoms. The highest BCUT2D eigenvalue weighted by molar-refractivity contribution is 14.1. The van der Waals surface area contributed by atoms with Crippen molar-refractivity contribution >= 4 is 28.6 Å². The number of rotatable bonds is 3. The molecule has 0 aliphatic heterocycles. The van der Waals surface area contributed by atoms with Gasteiger partial charge in [-0.3, -0.25) is 9.36 Å². The van der Waals surface area contributed by atoms with E-state index in [2.05, 4.69) is 27.6 Å². The maximum absolute atomic E-state index is 12.2. The number of aryl methyl sites for hydroxylation is 1. The van der Waals surface area contributed by atoms with Crippen LogP contribution in [-0.2, 0) is 4.79 Å². The predicted octanol–water partition coefficient (Wildman–Crippen LogP) is 2.64. The van der Waals surface area contributed by atoms with Crippen LogP contribution in [-0.4, -0.2) is 20.6 Å². The van der Waals surface area contributed by atoms with Crippen molar-refractivity contribution in [1.29, 1.82) is 0 Å². The topological polar surface area (TPSA) is 72.2 Å². The summed E-state index contributed by atoms with van der Waals surface area (Å²) in [5.74, 6) is -1.65. The lowest BCUT2D eigenvalue weighted by molar-refractivity contribution is -0.138. The maximum Gasteiger partial charge on any atom is 0.352 e. The van der Waals surface area contributed by atoms with Crippen molar-refractivity contribution in [3.05, 3.63) is 55.3 Å². The van der Waals surface area contributed by atoms with E-state index in [0.717, 1.165) is 3.57 Å². The Morgan fingerprint density at radius 3 is 2.38 bits per heavy atom. The molecule has 1 atom stereocenters. The SMILES string of the molecule is Cc1nc(=O)n(-c2ccc(I)cc2)c(C)c1C(C)C(=O)O. The quantitative estimate of drug-likeness (QED) is 0.808. The van der Waals surface area contributed by atoms with Gasteiger partial charge in [-0.1, -0.05) is 0 Å². The Balaban J connectivity index is 2.73. The first-order chi connectivity index (χ1) is 9.82. The fraction of sp³-hybridized carbons (Fsp3) is 0.267. The highest BCUT2D eigenvalue weighted by atomic mass is 127. The Kier molecular flexibility index (Phi) is 4.46. The molecule has 1 unspecified atom stereocenters. The van der Waals surface area contributed by atoms with Crippen LogP contribution in [0.15, 0.2) is 29.1 Å². The molecule has 6 heteroatoms. The van der Waals surface area contributed by atoms with E-state index in [0.29, 0.717) is 22.6 Å². The third kappa shape index (κ3) is 2.99. The van der Waals surface area contributed by atoms with Crippen LogP contribution < -0.4 is 5.69 Å². The normalized spacial score (nSPS) is 12.2. The van der Waals surface area contributed by atoms with Crippen LogP contribution in [0.25, 0.3) is 5.69 Å². The molecule has 1 aromatic carbocycles. The molecular formula is C15H15IN2O3. The predicted molar refractivity (Wildman–Crippen MR) is 88.1 cm³/mol. The average molecular weight is 398 g/mol. The second-order valence-corrected chi connectivity index (χ2v) is 6.10. The van der Waals surface area contributed by atoms with Gasteiger partial charge in [0.05, 0.1) is 11.6 Å². The Morgan fingerprint density at radius 2 is 1.86 bits per heavy atom. The lowest BCUT2D eigenvalue weighted by atomic mass is 9.98. The maximum atomic E-state index is 12.2. The molecule has 0 saturated heterocycles. The van der Waals surface area contributed by atoms with E-state index in [-0.39, 0.29) is 0 Å². The zero-order valence-corrected chi connectivity index (χ0v) is 14.1. The summed E-state index contributed by atoms with van der Waals surface area (Å²) in [7, 11) is 0. The van der Waals surface area contributed by atoms with E-state index in [1.165, 1.54) is 4.57 Å². The van der Waals surface area contributed by atoms with Gasteiger partial charge in [0.15, 0.2) is 0 Å². The fourth-order valence-electron chi connectivity index (χ4n) is 2.42. The minimum absolute atomic E-state index is 0.396. The van der Waals surface area contributed by atoms with Crippen molar-refractivity contribution in [3.8, 4) is 5.69 Å². The molecule has 0 aliphatic carbocycles. The zero-order chi connectivity index (χ0) is 15.7. The summed E-state index contributed by atoms with van der Waals surface area (Å²) in [6.45, 7) is 5.02. The summed E-state index contributed by atoms with van der Waals surface area (Å²) in [4.78, 5) is 27.4. The Labute approximate surface area is 135 Å². The van der Waals surface area contributed by atoms with Gasteiger partial charge in [-0.15, -0.1) is 0 Å². The minimum atomic E-state index is -0.934. The largest absolute Gasteiger partial charge is 0.481 e. The molecule has 0 aliphatic rings. The van der Waals surface area contributed by atoms with Gasteiger partial charge in [-0.05, 0) is 67.6 Å². The smallest absolute Gasteiger partial charge is 0.352 e. The molecule has 5 nitrogen and oxygen atoms in total. The summed E-state index contributed by atoms with van der Waals surface area (Å²) in [5.41, 5.74) is 1.95. The first-order valence-corrected chi connectivity index (χ1v) is 7.49. The van der Waals surface area contributed by atoms with Crippen molar-refractivity contribution in [2.45, 2.75) is 26.7 Å². The van der Waals surface area contributed by atoms with E-state index < -0.39 is 17.6 Å². The summed E-state index contributed by atoms with van der Waals surface area (Å²) in [6, 6.07) is 7.43. The number of carboxylic acid groups (broad SMARTS) is 1. The second kappa shape index (κ2) is 5.97. The first kappa shape index (κ1) is 15.7. The monoisotopic (exact) mass is 398 g/mol. The molecule has 1 N–H and O–H groups in total. The van der Waals surface area contributed by atoms with Crippen LogP contribution in [0.1, 0.15) is 29.8 Å². The molecule has 21 heavy (non-hydrogen) atoms. The lowest BCUT2D eigenvalue weighted by Gasteiger charge is -2.18. The Bertz CT molecular complexity index is 751. The van der Waals surface area contributed by atoms with E-state index in [9.17, 15) is 14.7 Å². The number of benzene rings is 1. The number of hydrogen-bond donors (Lipinski definition) is 1. The van der Waals surface area contributed by atoms with Crippen LogP contribution in [0.4, 0.5) is 0 Å². The van der Waals surface area contributed by atoms with Gasteiger partial charge < -0.3 is 5.11 Å². The van der Waals surface area contributed by atoms with Gasteiger partial charge in [-0.2, -0.15) is 4.98 Å². The third-order valence-corrected chi connectivity index (χ3v) is 4.18. The number of nitrogens with zero attached hydrogens (tertiary/aromatic N) is 2. The molecule has 2 aromatic rings. The van der Waals surface area contributed by atoms with Gasteiger partial charge in [0.2, 0.25) is 0 Å². The molecule has 0 saturated carbocycles. The van der Waals surface area contributed by atoms with Crippen LogP contribution in [0, 0.1) is 17.4 Å². The van der Waals surface area contributed by atoms with Crippen molar-refractivity contribution in [2.75, 3.05) is 0 Å². The number of halogens is 1. The molecule has 1 aromatic heterocycles. The summed E-state index contributed by atoms with van der Waals surface area (Å²) in [5, 5.41) is 9.24.